The Morgan fingerprint density at radius 1 is 1.09 bits per heavy atom. The van der Waals surface area contributed by atoms with Crippen LogP contribution in [0.5, 0.6) is 0 Å². The first kappa shape index (κ1) is 5.42. The minimum atomic E-state index is 1.36. The van der Waals surface area contributed by atoms with E-state index in [0.29, 0.717) is 0 Å². The van der Waals surface area contributed by atoms with Gasteiger partial charge in [0.2, 0.25) is 0 Å². The van der Waals surface area contributed by atoms with E-state index in [9.17, 15) is 0 Å². The molecule has 0 unspecified atom stereocenters. The third-order valence-corrected chi connectivity index (χ3v) is 2.30. The first-order valence-electron chi connectivity index (χ1n) is 3.82. The maximum absolute atomic E-state index is 2.18. The smallest absolute Gasteiger partial charge is 0.109 e. The van der Waals surface area contributed by atoms with Crippen LogP contribution in [-0.4, -0.2) is 7.28 Å². The highest BCUT2D eigenvalue weighted by atomic mass is 14.2. The number of benzene rings is 1. The molecule has 3 rings (SSSR count). The van der Waals surface area contributed by atoms with Crippen LogP contribution in [0.25, 0.3) is 11.6 Å². The Balaban J connectivity index is 2.46. The monoisotopic (exact) mass is 137 g/mol. The minimum absolute atomic E-state index is 1.36. The molecule has 49 valence electrons. The predicted molar refractivity (Wildman–Crippen MR) is 48.8 cm³/mol. The summed E-state index contributed by atoms with van der Waals surface area (Å²) in [6.45, 7) is 0. The van der Waals surface area contributed by atoms with Crippen molar-refractivity contribution in [3.63, 3.8) is 0 Å². The van der Waals surface area contributed by atoms with Gasteiger partial charge in [-0.25, -0.2) is 0 Å². The summed E-state index contributed by atoms with van der Waals surface area (Å²) in [6.07, 6.45) is 4.36. The van der Waals surface area contributed by atoms with Gasteiger partial charge >= 0.3 is 0 Å². The van der Waals surface area contributed by atoms with Gasteiger partial charge in [0, 0.05) is 0 Å². The second kappa shape index (κ2) is 1.67. The molecule has 0 N–H and O–H groups in total. The van der Waals surface area contributed by atoms with E-state index in [1.807, 2.05) is 0 Å². The van der Waals surface area contributed by atoms with E-state index in [2.05, 4.69) is 43.6 Å². The molecule has 1 aromatic rings. The zero-order valence-corrected chi connectivity index (χ0v) is 6.04. The lowest BCUT2D eigenvalue weighted by molar-refractivity contribution is 1.68. The van der Waals surface area contributed by atoms with Crippen molar-refractivity contribution in [2.75, 3.05) is 0 Å². The van der Waals surface area contributed by atoms with E-state index in [4.69, 9.17) is 0 Å². The quantitative estimate of drug-likeness (QED) is 0.474. The van der Waals surface area contributed by atoms with Crippen LogP contribution in [0.3, 0.4) is 0 Å². The summed E-state index contributed by atoms with van der Waals surface area (Å²) in [7, 11) is 2.18. The Morgan fingerprint density at radius 3 is 3.09 bits per heavy atom. The summed E-state index contributed by atoms with van der Waals surface area (Å²) < 4.78 is 0. The number of allylic oxidation sites excluding steroid dienone is 2. The van der Waals surface area contributed by atoms with Crippen molar-refractivity contribution in [2.24, 2.45) is 0 Å². The van der Waals surface area contributed by atoms with Gasteiger partial charge in [0.05, 0.1) is 0 Å². The molecule has 2 aliphatic rings. The molecular formula is C10H6B. The molecule has 1 radical (unpaired) electrons. The van der Waals surface area contributed by atoms with Crippen LogP contribution in [0.4, 0.5) is 0 Å². The minimum Gasteiger partial charge on any atom is -0.109 e. The molecule has 0 spiro atoms. The maximum atomic E-state index is 2.18. The summed E-state index contributed by atoms with van der Waals surface area (Å²) in [6, 6.07) is 6.43. The van der Waals surface area contributed by atoms with Gasteiger partial charge < -0.3 is 0 Å². The average Bonchev–Trinajstić information content (AvgIpc) is 2.60. The highest BCUT2D eigenvalue weighted by Gasteiger charge is 2.18. The lowest BCUT2D eigenvalue weighted by atomic mass is 9.73. The van der Waals surface area contributed by atoms with Crippen molar-refractivity contribution < 1.29 is 0 Å². The summed E-state index contributed by atoms with van der Waals surface area (Å²) in [5.74, 6) is 2.18. The third kappa shape index (κ3) is 0.560. The molecule has 0 amide bonds. The Morgan fingerprint density at radius 2 is 2.09 bits per heavy atom. The molecule has 0 saturated carbocycles. The zero-order chi connectivity index (χ0) is 7.26. The van der Waals surface area contributed by atoms with Crippen LogP contribution in [0.15, 0.2) is 30.3 Å². The lowest BCUT2D eigenvalue weighted by Gasteiger charge is -2.00. The summed E-state index contributed by atoms with van der Waals surface area (Å²) >= 11 is 0. The maximum Gasteiger partial charge on any atom is 0.182 e. The number of rotatable bonds is 0. The van der Waals surface area contributed by atoms with Gasteiger partial charge in [-0.2, -0.15) is 0 Å². The van der Waals surface area contributed by atoms with Crippen molar-refractivity contribution in [3.8, 4) is 0 Å². The zero-order valence-electron chi connectivity index (χ0n) is 6.04. The summed E-state index contributed by atoms with van der Waals surface area (Å²) in [4.78, 5) is 0. The fourth-order valence-electron chi connectivity index (χ4n) is 1.78. The van der Waals surface area contributed by atoms with Crippen LogP contribution in [0.1, 0.15) is 11.1 Å². The molecule has 0 bridgehead atoms. The highest BCUT2D eigenvalue weighted by molar-refractivity contribution is 6.64. The molecule has 11 heavy (non-hydrogen) atoms. The Labute approximate surface area is 66.5 Å². The van der Waals surface area contributed by atoms with Crippen LogP contribution in [-0.2, 0) is 0 Å². The second-order valence-electron chi connectivity index (χ2n) is 2.93. The van der Waals surface area contributed by atoms with E-state index < -0.39 is 0 Å². The van der Waals surface area contributed by atoms with E-state index in [1.54, 1.807) is 0 Å². The van der Waals surface area contributed by atoms with Gasteiger partial charge in [-0.15, -0.1) is 5.98 Å². The molecule has 0 atom stereocenters. The Kier molecular flexibility index (Phi) is 0.825. The van der Waals surface area contributed by atoms with E-state index in [1.165, 1.54) is 22.2 Å². The molecule has 1 aliphatic carbocycles. The summed E-state index contributed by atoms with van der Waals surface area (Å²) in [5, 5.41) is 0. The van der Waals surface area contributed by atoms with Crippen molar-refractivity contribution >= 4 is 24.4 Å². The topological polar surface area (TPSA) is 0 Å². The Hall–Kier alpha value is -1.24. The molecule has 0 aromatic heterocycles. The van der Waals surface area contributed by atoms with Crippen molar-refractivity contribution in [1.29, 1.82) is 0 Å². The van der Waals surface area contributed by atoms with E-state index in [0.717, 1.165) is 0 Å². The van der Waals surface area contributed by atoms with Crippen LogP contribution in [0.2, 0.25) is 0 Å². The van der Waals surface area contributed by atoms with Gasteiger partial charge in [-0.1, -0.05) is 35.8 Å². The van der Waals surface area contributed by atoms with E-state index in [-0.39, 0.29) is 0 Å². The molecule has 1 heteroatoms. The summed E-state index contributed by atoms with van der Waals surface area (Å²) in [5.41, 5.74) is 5.52. The molecule has 0 fully saturated rings. The van der Waals surface area contributed by atoms with Gasteiger partial charge in [0.1, 0.15) is 0 Å². The normalized spacial score (nSPS) is 16.2. The molecular weight excluding hydrogens is 131 g/mol. The lowest BCUT2D eigenvalue weighted by Crippen LogP contribution is -2.11. The van der Waals surface area contributed by atoms with E-state index >= 15 is 0 Å². The average molecular weight is 137 g/mol. The molecule has 0 saturated heterocycles. The van der Waals surface area contributed by atoms with Crippen molar-refractivity contribution in [3.05, 3.63) is 41.4 Å². The van der Waals surface area contributed by atoms with Gasteiger partial charge in [-0.3, -0.25) is 0 Å². The Bertz CT molecular complexity index is 386. The second-order valence-corrected chi connectivity index (χ2v) is 2.93. The number of hydrogen-bond acceptors (Lipinski definition) is 0. The van der Waals surface area contributed by atoms with Crippen LogP contribution in [0, 0.1) is 0 Å². The first-order chi connectivity index (χ1) is 5.45. The number of hydrogen-bond donors (Lipinski definition) is 0. The molecule has 1 aromatic carbocycles. The highest BCUT2D eigenvalue weighted by Crippen LogP contribution is 2.29. The molecule has 0 nitrogen and oxygen atoms in total. The predicted octanol–water partition coefficient (Wildman–Crippen LogP) is 1.40. The molecule has 1 heterocycles. The first-order valence-corrected chi connectivity index (χ1v) is 3.82. The van der Waals surface area contributed by atoms with Crippen molar-refractivity contribution in [1.82, 2.24) is 0 Å². The van der Waals surface area contributed by atoms with Crippen LogP contribution < -0.4 is 5.46 Å². The third-order valence-electron chi connectivity index (χ3n) is 2.30. The van der Waals surface area contributed by atoms with Crippen molar-refractivity contribution in [2.45, 2.75) is 0 Å². The van der Waals surface area contributed by atoms with Crippen LogP contribution >= 0.6 is 0 Å². The van der Waals surface area contributed by atoms with Gasteiger partial charge in [0.15, 0.2) is 7.28 Å². The van der Waals surface area contributed by atoms with Gasteiger partial charge in [-0.05, 0) is 16.7 Å². The van der Waals surface area contributed by atoms with Gasteiger partial charge in [0.25, 0.3) is 0 Å². The largest absolute Gasteiger partial charge is 0.182 e. The standard InChI is InChI=1S/C10H6B/c1-2-7-4-5-8-6-11-9(3-1)10(7)8/h1-6H. The fraction of sp³-hybridized carbons (Fsp3) is 0. The molecule has 1 aliphatic heterocycles. The SMILES string of the molecule is [B]1C=C2C=Cc3cccc1c32. The fourth-order valence-corrected chi connectivity index (χ4v) is 1.78.